The van der Waals surface area contributed by atoms with Crippen LogP contribution in [0.3, 0.4) is 0 Å². The van der Waals surface area contributed by atoms with Crippen molar-refractivity contribution in [2.24, 2.45) is 0 Å². The minimum Gasteiger partial charge on any atom is -0.482 e. The summed E-state index contributed by atoms with van der Waals surface area (Å²) in [5, 5.41) is 5.54. The van der Waals surface area contributed by atoms with Gasteiger partial charge in [-0.2, -0.15) is 0 Å². The molecule has 3 rings (SSSR count). The van der Waals surface area contributed by atoms with Gasteiger partial charge in [-0.15, -0.1) is 0 Å². The summed E-state index contributed by atoms with van der Waals surface area (Å²) in [6.07, 6.45) is 0. The molecule has 0 radical (unpaired) electrons. The zero-order valence-electron chi connectivity index (χ0n) is 13.6. The van der Waals surface area contributed by atoms with Crippen molar-refractivity contribution in [3.05, 3.63) is 53.6 Å². The van der Waals surface area contributed by atoms with Crippen LogP contribution in [-0.4, -0.2) is 30.5 Å². The zero-order valence-corrected chi connectivity index (χ0v) is 13.6. The van der Waals surface area contributed by atoms with E-state index in [9.17, 15) is 9.59 Å². The smallest absolute Gasteiger partial charge is 0.321 e. The molecular formula is C18H19N3O3. The zero-order chi connectivity index (χ0) is 17.1. The number of ether oxygens (including phenoxy) is 1. The molecule has 0 atom stereocenters. The van der Waals surface area contributed by atoms with Crippen molar-refractivity contribution in [2.45, 2.75) is 13.5 Å². The number of nitrogens with one attached hydrogen (secondary N) is 2. The molecular weight excluding hydrogens is 306 g/mol. The lowest BCUT2D eigenvalue weighted by Crippen LogP contribution is -2.31. The third-order valence-corrected chi connectivity index (χ3v) is 3.75. The van der Waals surface area contributed by atoms with E-state index in [-0.39, 0.29) is 18.5 Å². The normalized spacial score (nSPS) is 12.7. The molecule has 6 nitrogen and oxygen atoms in total. The number of hydrogen-bond donors (Lipinski definition) is 2. The number of fused-ring (bicyclic) bond motifs is 1. The number of aryl methyl sites for hydroxylation is 1. The Kier molecular flexibility index (Phi) is 4.37. The summed E-state index contributed by atoms with van der Waals surface area (Å²) in [7, 11) is 1.74. The van der Waals surface area contributed by atoms with Gasteiger partial charge in [0.2, 0.25) is 0 Å². The van der Waals surface area contributed by atoms with Crippen LogP contribution in [0, 0.1) is 6.92 Å². The molecule has 124 valence electrons. The first-order valence-electron chi connectivity index (χ1n) is 7.65. The maximum Gasteiger partial charge on any atom is 0.321 e. The fourth-order valence-electron chi connectivity index (χ4n) is 2.41. The Morgan fingerprint density at radius 3 is 2.75 bits per heavy atom. The molecule has 2 N–H and O–H groups in total. The monoisotopic (exact) mass is 325 g/mol. The highest BCUT2D eigenvalue weighted by Gasteiger charge is 2.17. The second-order valence-corrected chi connectivity index (χ2v) is 5.82. The minimum atomic E-state index is -0.213. The molecule has 0 saturated carbocycles. The van der Waals surface area contributed by atoms with Crippen molar-refractivity contribution in [1.29, 1.82) is 0 Å². The van der Waals surface area contributed by atoms with E-state index in [1.54, 1.807) is 30.1 Å². The summed E-state index contributed by atoms with van der Waals surface area (Å²) in [6, 6.07) is 13.0. The number of hydrogen-bond acceptors (Lipinski definition) is 3. The van der Waals surface area contributed by atoms with Crippen molar-refractivity contribution in [1.82, 2.24) is 4.90 Å². The molecule has 1 aliphatic rings. The van der Waals surface area contributed by atoms with E-state index in [0.717, 1.165) is 5.56 Å². The van der Waals surface area contributed by atoms with Gasteiger partial charge in [0, 0.05) is 25.3 Å². The molecule has 2 aromatic rings. The SMILES string of the molecule is Cc1ccc(CN(C)C(=O)Nc2ccc3c(c2)OCC(=O)N3)cc1. The third kappa shape index (κ3) is 3.65. The van der Waals surface area contributed by atoms with Crippen molar-refractivity contribution >= 4 is 23.3 Å². The maximum atomic E-state index is 12.3. The number of carbonyl (C=O) groups is 2. The summed E-state index contributed by atoms with van der Waals surface area (Å²) < 4.78 is 5.35. The van der Waals surface area contributed by atoms with Gasteiger partial charge in [-0.25, -0.2) is 4.79 Å². The van der Waals surface area contributed by atoms with Crippen LogP contribution in [0.5, 0.6) is 5.75 Å². The van der Waals surface area contributed by atoms with Gasteiger partial charge in [-0.1, -0.05) is 29.8 Å². The summed E-state index contributed by atoms with van der Waals surface area (Å²) >= 11 is 0. The first kappa shape index (κ1) is 15.9. The number of amides is 3. The Bertz CT molecular complexity index is 772. The van der Waals surface area contributed by atoms with Crippen LogP contribution in [0.15, 0.2) is 42.5 Å². The Hall–Kier alpha value is -3.02. The molecule has 1 aliphatic heterocycles. The molecule has 0 spiro atoms. The lowest BCUT2D eigenvalue weighted by molar-refractivity contribution is -0.118. The van der Waals surface area contributed by atoms with E-state index >= 15 is 0 Å². The van der Waals surface area contributed by atoms with Crippen molar-refractivity contribution in [3.8, 4) is 5.75 Å². The first-order valence-corrected chi connectivity index (χ1v) is 7.65. The van der Waals surface area contributed by atoms with Crippen LogP contribution in [0.25, 0.3) is 0 Å². The molecule has 0 unspecified atom stereocenters. The van der Waals surface area contributed by atoms with Gasteiger partial charge >= 0.3 is 6.03 Å². The summed E-state index contributed by atoms with van der Waals surface area (Å²) in [4.78, 5) is 25.2. The lowest BCUT2D eigenvalue weighted by atomic mass is 10.1. The average Bonchev–Trinajstić information content (AvgIpc) is 2.57. The highest BCUT2D eigenvalue weighted by molar-refractivity contribution is 5.96. The van der Waals surface area contributed by atoms with Crippen molar-refractivity contribution < 1.29 is 14.3 Å². The number of nitrogens with zero attached hydrogens (tertiary/aromatic N) is 1. The number of rotatable bonds is 3. The third-order valence-electron chi connectivity index (χ3n) is 3.75. The molecule has 3 amide bonds. The Labute approximate surface area is 140 Å². The van der Waals surface area contributed by atoms with E-state index in [2.05, 4.69) is 10.6 Å². The molecule has 6 heteroatoms. The second-order valence-electron chi connectivity index (χ2n) is 5.82. The van der Waals surface area contributed by atoms with Crippen molar-refractivity contribution in [2.75, 3.05) is 24.3 Å². The fraction of sp³-hybridized carbons (Fsp3) is 0.222. The quantitative estimate of drug-likeness (QED) is 0.911. The Balaban J connectivity index is 1.63. The molecule has 0 bridgehead atoms. The number of carbonyl (C=O) groups excluding carboxylic acids is 2. The number of benzene rings is 2. The van der Waals surface area contributed by atoms with Crippen LogP contribution in [0.4, 0.5) is 16.2 Å². The van der Waals surface area contributed by atoms with Gasteiger partial charge in [-0.05, 0) is 24.6 Å². The number of anilines is 2. The molecule has 2 aromatic carbocycles. The van der Waals surface area contributed by atoms with Crippen LogP contribution < -0.4 is 15.4 Å². The molecule has 0 fully saturated rings. The van der Waals surface area contributed by atoms with Crippen LogP contribution in [0.2, 0.25) is 0 Å². The Morgan fingerprint density at radius 2 is 2.00 bits per heavy atom. The Morgan fingerprint density at radius 1 is 1.25 bits per heavy atom. The predicted molar refractivity (Wildman–Crippen MR) is 92.2 cm³/mol. The van der Waals surface area contributed by atoms with Crippen molar-refractivity contribution in [3.63, 3.8) is 0 Å². The molecule has 0 aliphatic carbocycles. The predicted octanol–water partition coefficient (Wildman–Crippen LogP) is 2.99. The largest absolute Gasteiger partial charge is 0.482 e. The van der Waals surface area contributed by atoms with Gasteiger partial charge in [-0.3, -0.25) is 4.79 Å². The fourth-order valence-corrected chi connectivity index (χ4v) is 2.41. The van der Waals surface area contributed by atoms with Crippen LogP contribution in [-0.2, 0) is 11.3 Å². The minimum absolute atomic E-state index is 0.0161. The van der Waals surface area contributed by atoms with E-state index in [1.807, 2.05) is 31.2 Å². The molecule has 24 heavy (non-hydrogen) atoms. The van der Waals surface area contributed by atoms with Crippen LogP contribution >= 0.6 is 0 Å². The highest BCUT2D eigenvalue weighted by atomic mass is 16.5. The lowest BCUT2D eigenvalue weighted by Gasteiger charge is -2.21. The van der Waals surface area contributed by atoms with E-state index < -0.39 is 0 Å². The topological polar surface area (TPSA) is 70.7 Å². The van der Waals surface area contributed by atoms with E-state index in [4.69, 9.17) is 4.74 Å². The van der Waals surface area contributed by atoms with E-state index in [1.165, 1.54) is 5.56 Å². The summed E-state index contributed by atoms with van der Waals surface area (Å²) in [5.41, 5.74) is 3.48. The molecule has 0 saturated heterocycles. The molecule has 1 heterocycles. The maximum absolute atomic E-state index is 12.3. The van der Waals surface area contributed by atoms with Gasteiger partial charge in [0.05, 0.1) is 5.69 Å². The highest BCUT2D eigenvalue weighted by Crippen LogP contribution is 2.30. The molecule has 0 aromatic heterocycles. The van der Waals surface area contributed by atoms with E-state index in [0.29, 0.717) is 23.7 Å². The van der Waals surface area contributed by atoms with Gasteiger partial charge in [0.25, 0.3) is 5.91 Å². The standard InChI is InChI=1S/C18H19N3O3/c1-12-3-5-13(6-4-12)10-21(2)18(23)19-14-7-8-15-16(9-14)24-11-17(22)20-15/h3-9H,10-11H2,1-2H3,(H,19,23)(H,20,22). The average molecular weight is 325 g/mol. The second kappa shape index (κ2) is 6.62. The van der Waals surface area contributed by atoms with Gasteiger partial charge < -0.3 is 20.3 Å². The van der Waals surface area contributed by atoms with Crippen LogP contribution in [0.1, 0.15) is 11.1 Å². The summed E-state index contributed by atoms with van der Waals surface area (Å²) in [6.45, 7) is 2.53. The number of urea groups is 1. The van der Waals surface area contributed by atoms with Gasteiger partial charge in [0.1, 0.15) is 5.75 Å². The summed E-state index contributed by atoms with van der Waals surface area (Å²) in [5.74, 6) is 0.366. The van der Waals surface area contributed by atoms with Gasteiger partial charge in [0.15, 0.2) is 6.61 Å². The first-order chi connectivity index (χ1) is 11.5.